The molecule has 170 valence electrons. The molecule has 8 heteroatoms. The summed E-state index contributed by atoms with van der Waals surface area (Å²) in [6.45, 7) is 1.37. The minimum Gasteiger partial charge on any atom is -0.479 e. The van der Waals surface area contributed by atoms with Gasteiger partial charge in [-0.3, -0.25) is 0 Å². The van der Waals surface area contributed by atoms with Crippen LogP contribution in [0.5, 0.6) is 0 Å². The van der Waals surface area contributed by atoms with Crippen molar-refractivity contribution in [3.8, 4) is 11.1 Å². The van der Waals surface area contributed by atoms with Crippen LogP contribution >= 0.6 is 0 Å². The Morgan fingerprint density at radius 3 is 1.94 bits per heavy atom. The summed E-state index contributed by atoms with van der Waals surface area (Å²) >= 11 is 0. The van der Waals surface area contributed by atoms with E-state index in [2.05, 4.69) is 5.32 Å². The van der Waals surface area contributed by atoms with Crippen molar-refractivity contribution in [3.05, 3.63) is 89.5 Å². The zero-order valence-electron chi connectivity index (χ0n) is 18.1. The molecule has 4 rings (SSSR count). The van der Waals surface area contributed by atoms with E-state index in [1.54, 1.807) is 0 Å². The maximum atomic E-state index is 12.7. The van der Waals surface area contributed by atoms with E-state index < -0.39 is 27.4 Å². The second-order valence-corrected chi connectivity index (χ2v) is 10.2. The third kappa shape index (κ3) is 4.21. The first kappa shape index (κ1) is 22.5. The number of fused-ring (bicyclic) bond motifs is 3. The molecule has 1 atom stereocenters. The Morgan fingerprint density at radius 1 is 0.939 bits per heavy atom. The highest BCUT2D eigenvalue weighted by atomic mass is 32.2. The van der Waals surface area contributed by atoms with Gasteiger partial charge in [0, 0.05) is 12.2 Å². The Bertz CT molecular complexity index is 1290. The molecule has 0 spiro atoms. The molecule has 0 radical (unpaired) electrons. The van der Waals surface area contributed by atoms with Crippen molar-refractivity contribution in [2.24, 2.45) is 0 Å². The minimum absolute atomic E-state index is 0.0442. The number of carboxylic acid groups (broad SMARTS) is 1. The highest BCUT2D eigenvalue weighted by molar-refractivity contribution is 7.90. The lowest BCUT2D eigenvalue weighted by atomic mass is 9.92. The third-order valence-electron chi connectivity index (χ3n) is 5.98. The minimum atomic E-state index is -3.43. The van der Waals surface area contributed by atoms with Gasteiger partial charge in [-0.25, -0.2) is 18.0 Å². The smallest absolute Gasteiger partial charge is 0.408 e. The van der Waals surface area contributed by atoms with E-state index in [0.29, 0.717) is 0 Å². The van der Waals surface area contributed by atoms with Crippen molar-refractivity contribution in [1.82, 2.24) is 5.32 Å². The number of ether oxygens (including phenoxy) is 1. The molecule has 3 aromatic carbocycles. The monoisotopic (exact) mass is 465 g/mol. The number of hydrogen-bond donors (Lipinski definition) is 2. The quantitative estimate of drug-likeness (QED) is 0.571. The van der Waals surface area contributed by atoms with Crippen molar-refractivity contribution >= 4 is 21.9 Å². The van der Waals surface area contributed by atoms with Crippen molar-refractivity contribution in [2.45, 2.75) is 23.3 Å². The fourth-order valence-corrected chi connectivity index (χ4v) is 4.75. The van der Waals surface area contributed by atoms with Gasteiger partial charge < -0.3 is 15.2 Å². The number of amides is 1. The van der Waals surface area contributed by atoms with E-state index >= 15 is 0 Å². The number of carbonyl (C=O) groups excluding carboxylic acids is 1. The van der Waals surface area contributed by atoms with E-state index in [9.17, 15) is 23.1 Å². The molecule has 0 bridgehead atoms. The van der Waals surface area contributed by atoms with Crippen molar-refractivity contribution in [3.63, 3.8) is 0 Å². The van der Waals surface area contributed by atoms with Crippen molar-refractivity contribution in [2.75, 3.05) is 12.9 Å². The molecule has 0 aromatic heterocycles. The molecule has 0 heterocycles. The normalized spacial score (nSPS) is 14.6. The van der Waals surface area contributed by atoms with Gasteiger partial charge in [0.1, 0.15) is 6.61 Å². The predicted molar refractivity (Wildman–Crippen MR) is 123 cm³/mol. The van der Waals surface area contributed by atoms with Crippen LogP contribution in [0.4, 0.5) is 4.79 Å². The van der Waals surface area contributed by atoms with E-state index in [4.69, 9.17) is 4.74 Å². The van der Waals surface area contributed by atoms with Crippen LogP contribution < -0.4 is 5.32 Å². The molecule has 33 heavy (non-hydrogen) atoms. The van der Waals surface area contributed by atoms with Crippen molar-refractivity contribution < 1.29 is 27.9 Å². The van der Waals surface area contributed by atoms with Gasteiger partial charge in [-0.05, 0) is 46.9 Å². The molecular formula is C25H23NO6S. The van der Waals surface area contributed by atoms with Crippen LogP contribution in [0.1, 0.15) is 29.5 Å². The molecule has 1 aliphatic carbocycles. The predicted octanol–water partition coefficient (Wildman–Crippen LogP) is 3.93. The summed E-state index contributed by atoms with van der Waals surface area (Å²) in [6, 6.07) is 21.2. The van der Waals surface area contributed by atoms with Crippen molar-refractivity contribution in [1.29, 1.82) is 0 Å². The Hall–Kier alpha value is -3.65. The Kier molecular flexibility index (Phi) is 5.71. The van der Waals surface area contributed by atoms with E-state index in [1.807, 2.05) is 48.5 Å². The lowest BCUT2D eigenvalue weighted by Gasteiger charge is -2.27. The third-order valence-corrected chi connectivity index (χ3v) is 7.11. The molecule has 0 fully saturated rings. The Labute approximate surface area is 192 Å². The van der Waals surface area contributed by atoms with Gasteiger partial charge in [0.25, 0.3) is 0 Å². The fraction of sp³-hybridized carbons (Fsp3) is 0.200. The van der Waals surface area contributed by atoms with Crippen LogP contribution in [0.3, 0.4) is 0 Å². The van der Waals surface area contributed by atoms with Crippen LogP contribution in [0.25, 0.3) is 11.1 Å². The number of aliphatic carboxylic acids is 1. The van der Waals surface area contributed by atoms with E-state index in [-0.39, 0.29) is 23.0 Å². The van der Waals surface area contributed by atoms with Gasteiger partial charge in [-0.2, -0.15) is 0 Å². The number of sulfone groups is 1. The molecule has 0 saturated heterocycles. The largest absolute Gasteiger partial charge is 0.479 e. The van der Waals surface area contributed by atoms with Gasteiger partial charge in [0.2, 0.25) is 0 Å². The van der Waals surface area contributed by atoms with Crippen LogP contribution in [0, 0.1) is 0 Å². The number of carboxylic acids is 1. The number of nitrogens with one attached hydrogen (secondary N) is 1. The molecule has 2 N–H and O–H groups in total. The number of carbonyl (C=O) groups is 2. The zero-order chi connectivity index (χ0) is 23.8. The number of rotatable bonds is 6. The average Bonchev–Trinajstić information content (AvgIpc) is 3.11. The van der Waals surface area contributed by atoms with Crippen LogP contribution in [-0.2, 0) is 24.9 Å². The Balaban J connectivity index is 1.52. The summed E-state index contributed by atoms with van der Waals surface area (Å²) < 4.78 is 28.8. The molecule has 1 aliphatic rings. The number of alkyl carbamates (subject to hydrolysis) is 1. The summed E-state index contributed by atoms with van der Waals surface area (Å²) in [7, 11) is -3.43. The number of benzene rings is 3. The molecule has 1 unspecified atom stereocenters. The van der Waals surface area contributed by atoms with Crippen LogP contribution in [0.15, 0.2) is 77.7 Å². The van der Waals surface area contributed by atoms with Gasteiger partial charge in [-0.1, -0.05) is 60.7 Å². The lowest BCUT2D eigenvalue weighted by Crippen LogP contribution is -2.49. The molecule has 7 nitrogen and oxygen atoms in total. The summed E-state index contributed by atoms with van der Waals surface area (Å²) in [5, 5.41) is 12.2. The summed E-state index contributed by atoms with van der Waals surface area (Å²) in [4.78, 5) is 24.7. The zero-order valence-corrected chi connectivity index (χ0v) is 18.9. The molecule has 0 aliphatic heterocycles. The van der Waals surface area contributed by atoms with E-state index in [0.717, 1.165) is 28.5 Å². The lowest BCUT2D eigenvalue weighted by molar-refractivity contribution is -0.144. The first-order valence-corrected chi connectivity index (χ1v) is 12.2. The summed E-state index contributed by atoms with van der Waals surface area (Å²) in [5.41, 5.74) is 2.68. The molecular weight excluding hydrogens is 442 g/mol. The standard InChI is InChI=1S/C25H23NO6S/c1-25(23(27)28,16-11-13-17(14-12-16)33(2,30)31)26-24(29)32-15-22-20-9-5-3-7-18(20)19-8-4-6-10-21(19)22/h3-14,22H,15H2,1-2H3,(H,26,29)(H,27,28). The number of hydrogen-bond acceptors (Lipinski definition) is 5. The van der Waals surface area contributed by atoms with E-state index in [1.165, 1.54) is 31.2 Å². The van der Waals surface area contributed by atoms with Gasteiger partial charge >= 0.3 is 12.1 Å². The SMILES string of the molecule is CC(NC(=O)OCC1c2ccccc2-c2ccccc21)(C(=O)O)c1ccc(S(C)(=O)=O)cc1. The average molecular weight is 466 g/mol. The second-order valence-electron chi connectivity index (χ2n) is 8.18. The van der Waals surface area contributed by atoms with Gasteiger partial charge in [0.05, 0.1) is 4.90 Å². The topological polar surface area (TPSA) is 110 Å². The first-order chi connectivity index (χ1) is 15.6. The molecule has 0 saturated carbocycles. The maximum absolute atomic E-state index is 12.7. The highest BCUT2D eigenvalue weighted by Crippen LogP contribution is 2.44. The first-order valence-electron chi connectivity index (χ1n) is 10.3. The van der Waals surface area contributed by atoms with Gasteiger partial charge in [-0.15, -0.1) is 0 Å². The molecule has 3 aromatic rings. The maximum Gasteiger partial charge on any atom is 0.408 e. The fourth-order valence-electron chi connectivity index (χ4n) is 4.12. The van der Waals surface area contributed by atoms with Crippen LogP contribution in [-0.4, -0.2) is 38.4 Å². The second kappa shape index (κ2) is 8.37. The van der Waals surface area contributed by atoms with Gasteiger partial charge in [0.15, 0.2) is 15.4 Å². The summed E-state index contributed by atoms with van der Waals surface area (Å²) in [5.74, 6) is -1.46. The summed E-state index contributed by atoms with van der Waals surface area (Å²) in [6.07, 6.45) is 0.182. The highest BCUT2D eigenvalue weighted by Gasteiger charge is 2.38. The van der Waals surface area contributed by atoms with Crippen LogP contribution in [0.2, 0.25) is 0 Å². The Morgan fingerprint density at radius 2 is 1.45 bits per heavy atom. The molecule has 1 amide bonds.